The van der Waals surface area contributed by atoms with Crippen molar-refractivity contribution in [2.75, 3.05) is 5.88 Å². The molecular formula is C9H11ClN2O2. The minimum absolute atomic E-state index is 0.0869. The van der Waals surface area contributed by atoms with Crippen LogP contribution in [-0.2, 0) is 0 Å². The van der Waals surface area contributed by atoms with Gasteiger partial charge >= 0.3 is 0 Å². The van der Waals surface area contributed by atoms with Gasteiger partial charge in [0.1, 0.15) is 0 Å². The molecular weight excluding hydrogens is 204 g/mol. The number of aromatic nitrogens is 1. The molecule has 0 spiro atoms. The van der Waals surface area contributed by atoms with Crippen LogP contribution in [0.15, 0.2) is 23.1 Å². The van der Waals surface area contributed by atoms with Crippen molar-refractivity contribution in [1.29, 1.82) is 0 Å². The first-order valence-electron chi connectivity index (χ1n) is 4.19. The highest BCUT2D eigenvalue weighted by Crippen LogP contribution is 1.95. The van der Waals surface area contributed by atoms with E-state index in [1.54, 1.807) is 6.92 Å². The summed E-state index contributed by atoms with van der Waals surface area (Å²) in [5.74, 6) is 0.115. The third-order valence-corrected chi connectivity index (χ3v) is 2.12. The highest BCUT2D eigenvalue weighted by atomic mass is 35.5. The lowest BCUT2D eigenvalue weighted by Gasteiger charge is -2.09. The van der Waals surface area contributed by atoms with E-state index in [1.807, 2.05) is 0 Å². The first kappa shape index (κ1) is 10.8. The topological polar surface area (TPSA) is 62.0 Å². The summed E-state index contributed by atoms with van der Waals surface area (Å²) in [6.07, 6.45) is 1.37. The fraction of sp³-hybridized carbons (Fsp3) is 0.333. The molecule has 1 unspecified atom stereocenters. The summed E-state index contributed by atoms with van der Waals surface area (Å²) in [5, 5.41) is 2.67. The van der Waals surface area contributed by atoms with Gasteiger partial charge in [0.2, 0.25) is 5.56 Å². The molecule has 14 heavy (non-hydrogen) atoms. The van der Waals surface area contributed by atoms with E-state index in [4.69, 9.17) is 11.6 Å². The van der Waals surface area contributed by atoms with Crippen molar-refractivity contribution in [3.63, 3.8) is 0 Å². The number of halogens is 1. The number of alkyl halides is 1. The average molecular weight is 215 g/mol. The molecule has 0 fully saturated rings. The van der Waals surface area contributed by atoms with Crippen molar-refractivity contribution in [3.8, 4) is 0 Å². The number of hydrogen-bond acceptors (Lipinski definition) is 2. The molecule has 1 rings (SSSR count). The van der Waals surface area contributed by atoms with Crippen LogP contribution in [0.25, 0.3) is 0 Å². The van der Waals surface area contributed by atoms with Gasteiger partial charge in [0.25, 0.3) is 5.91 Å². The predicted molar refractivity (Wildman–Crippen MR) is 54.7 cm³/mol. The Morgan fingerprint density at radius 3 is 2.86 bits per heavy atom. The molecule has 1 aromatic rings. The number of amides is 1. The highest BCUT2D eigenvalue weighted by molar-refractivity contribution is 6.18. The van der Waals surface area contributed by atoms with Gasteiger partial charge < -0.3 is 10.3 Å². The lowest BCUT2D eigenvalue weighted by Crippen LogP contribution is -2.33. The molecule has 0 aromatic carbocycles. The maximum absolute atomic E-state index is 11.4. The number of pyridine rings is 1. The summed E-state index contributed by atoms with van der Waals surface area (Å²) < 4.78 is 0. The Morgan fingerprint density at radius 2 is 2.36 bits per heavy atom. The molecule has 2 N–H and O–H groups in total. The van der Waals surface area contributed by atoms with Crippen molar-refractivity contribution in [2.24, 2.45) is 0 Å². The lowest BCUT2D eigenvalue weighted by molar-refractivity contribution is 0.0943. The van der Waals surface area contributed by atoms with Gasteiger partial charge in [-0.1, -0.05) is 0 Å². The van der Waals surface area contributed by atoms with Crippen LogP contribution in [0.1, 0.15) is 17.3 Å². The number of carbonyl (C=O) groups excluding carboxylic acids is 1. The highest BCUT2D eigenvalue weighted by Gasteiger charge is 2.08. The van der Waals surface area contributed by atoms with Crippen LogP contribution in [0.2, 0.25) is 0 Å². The largest absolute Gasteiger partial charge is 0.348 e. The zero-order chi connectivity index (χ0) is 10.6. The Balaban J connectivity index is 2.70. The minimum atomic E-state index is -0.241. The number of hydrogen-bond donors (Lipinski definition) is 2. The second kappa shape index (κ2) is 4.81. The molecule has 1 amide bonds. The van der Waals surface area contributed by atoms with Crippen molar-refractivity contribution >= 4 is 17.5 Å². The standard InChI is InChI=1S/C9H11ClN2O2/c1-6(4-10)12-9(14)7-2-3-8(13)11-5-7/h2-3,5-6H,4H2,1H3,(H,11,13)(H,12,14). The van der Waals surface area contributed by atoms with Crippen molar-refractivity contribution in [3.05, 3.63) is 34.2 Å². The van der Waals surface area contributed by atoms with Gasteiger partial charge in [-0.15, -0.1) is 11.6 Å². The van der Waals surface area contributed by atoms with Gasteiger partial charge in [-0.25, -0.2) is 0 Å². The molecule has 4 nitrogen and oxygen atoms in total. The Kier molecular flexibility index (Phi) is 3.71. The van der Waals surface area contributed by atoms with Crippen LogP contribution in [-0.4, -0.2) is 22.8 Å². The van der Waals surface area contributed by atoms with Gasteiger partial charge in [0.05, 0.1) is 5.56 Å². The van der Waals surface area contributed by atoms with E-state index < -0.39 is 0 Å². The molecule has 0 saturated carbocycles. The maximum Gasteiger partial charge on any atom is 0.253 e. The molecule has 0 aliphatic rings. The predicted octanol–water partition coefficient (Wildman–Crippen LogP) is 0.732. The lowest BCUT2D eigenvalue weighted by atomic mass is 10.2. The summed E-state index contributed by atoms with van der Waals surface area (Å²) in [5.41, 5.74) is 0.188. The van der Waals surface area contributed by atoms with E-state index in [0.717, 1.165) is 0 Å². The Bertz CT molecular complexity index is 355. The van der Waals surface area contributed by atoms with E-state index in [9.17, 15) is 9.59 Å². The van der Waals surface area contributed by atoms with Gasteiger partial charge in [-0.3, -0.25) is 9.59 Å². The number of carbonyl (C=O) groups is 1. The van der Waals surface area contributed by atoms with Crippen LogP contribution >= 0.6 is 11.6 Å². The molecule has 1 aromatic heterocycles. The smallest absolute Gasteiger partial charge is 0.253 e. The molecule has 5 heteroatoms. The Hall–Kier alpha value is -1.29. The molecule has 0 aliphatic heterocycles. The molecule has 1 atom stereocenters. The van der Waals surface area contributed by atoms with Crippen LogP contribution in [0.4, 0.5) is 0 Å². The van der Waals surface area contributed by atoms with E-state index in [1.165, 1.54) is 18.3 Å². The minimum Gasteiger partial charge on any atom is -0.348 e. The van der Waals surface area contributed by atoms with Gasteiger partial charge in [-0.2, -0.15) is 0 Å². The average Bonchev–Trinajstić information content (AvgIpc) is 2.18. The van der Waals surface area contributed by atoms with Crippen LogP contribution in [0.3, 0.4) is 0 Å². The summed E-state index contributed by atoms with van der Waals surface area (Å²) in [7, 11) is 0. The van der Waals surface area contributed by atoms with E-state index in [-0.39, 0.29) is 17.5 Å². The second-order valence-corrected chi connectivity index (χ2v) is 3.28. The SMILES string of the molecule is CC(CCl)NC(=O)c1ccc(=O)[nH]c1. The normalized spacial score (nSPS) is 12.1. The van der Waals surface area contributed by atoms with Crippen molar-refractivity contribution in [2.45, 2.75) is 13.0 Å². The third kappa shape index (κ3) is 2.88. The number of aromatic amines is 1. The molecule has 1 heterocycles. The molecule has 0 radical (unpaired) electrons. The summed E-state index contributed by atoms with van der Waals surface area (Å²) in [6.45, 7) is 1.80. The maximum atomic E-state index is 11.4. The quantitative estimate of drug-likeness (QED) is 0.729. The zero-order valence-electron chi connectivity index (χ0n) is 7.71. The Morgan fingerprint density at radius 1 is 1.64 bits per heavy atom. The number of H-pyrrole nitrogens is 1. The van der Waals surface area contributed by atoms with Crippen molar-refractivity contribution < 1.29 is 4.79 Å². The number of nitrogens with one attached hydrogen (secondary N) is 2. The van der Waals surface area contributed by atoms with Crippen LogP contribution in [0, 0.1) is 0 Å². The Labute approximate surface area is 86.3 Å². The van der Waals surface area contributed by atoms with Gasteiger partial charge in [0.15, 0.2) is 0 Å². The summed E-state index contributed by atoms with van der Waals surface area (Å²) in [4.78, 5) is 24.6. The first-order chi connectivity index (χ1) is 6.63. The van der Waals surface area contributed by atoms with Crippen LogP contribution < -0.4 is 10.9 Å². The molecule has 0 aliphatic carbocycles. The number of rotatable bonds is 3. The zero-order valence-corrected chi connectivity index (χ0v) is 8.47. The summed E-state index contributed by atoms with van der Waals surface area (Å²) in [6, 6.07) is 2.69. The van der Waals surface area contributed by atoms with E-state index in [0.29, 0.717) is 11.4 Å². The monoisotopic (exact) mass is 214 g/mol. The third-order valence-electron chi connectivity index (χ3n) is 1.66. The summed E-state index contributed by atoms with van der Waals surface area (Å²) >= 11 is 5.54. The van der Waals surface area contributed by atoms with Gasteiger partial charge in [-0.05, 0) is 13.0 Å². The van der Waals surface area contributed by atoms with E-state index in [2.05, 4.69) is 10.3 Å². The fourth-order valence-corrected chi connectivity index (χ4v) is 0.975. The second-order valence-electron chi connectivity index (χ2n) is 2.97. The van der Waals surface area contributed by atoms with Crippen LogP contribution in [0.5, 0.6) is 0 Å². The van der Waals surface area contributed by atoms with Crippen molar-refractivity contribution in [1.82, 2.24) is 10.3 Å². The molecule has 0 saturated heterocycles. The van der Waals surface area contributed by atoms with Gasteiger partial charge in [0, 0.05) is 24.2 Å². The first-order valence-corrected chi connectivity index (χ1v) is 4.72. The fourth-order valence-electron chi connectivity index (χ4n) is 0.898. The molecule has 0 bridgehead atoms. The van der Waals surface area contributed by atoms with E-state index >= 15 is 0 Å². The molecule has 76 valence electrons.